The quantitative estimate of drug-likeness (QED) is 0.329. The Morgan fingerprint density at radius 2 is 2.09 bits per heavy atom. The summed E-state index contributed by atoms with van der Waals surface area (Å²) in [5, 5.41) is 29.9. The lowest BCUT2D eigenvalue weighted by Gasteiger charge is -2.02. The van der Waals surface area contributed by atoms with Crippen LogP contribution in [0.2, 0.25) is 0 Å². The van der Waals surface area contributed by atoms with Gasteiger partial charge in [-0.05, 0) is 18.2 Å². The van der Waals surface area contributed by atoms with Gasteiger partial charge in [0, 0.05) is 17.8 Å². The van der Waals surface area contributed by atoms with Crippen LogP contribution >= 0.6 is 0 Å². The van der Waals surface area contributed by atoms with Crippen LogP contribution in [0, 0.1) is 16.1 Å². The molecular weight excluding hydrogens is 309 g/mol. The van der Waals surface area contributed by atoms with Crippen molar-refractivity contribution in [3.8, 4) is 34.2 Å². The van der Waals surface area contributed by atoms with Crippen molar-refractivity contribution in [3.63, 3.8) is 0 Å². The van der Waals surface area contributed by atoms with Gasteiger partial charge in [0.25, 0.3) is 0 Å². The van der Waals surface area contributed by atoms with E-state index in [0.717, 1.165) is 18.4 Å². The zero-order valence-electron chi connectivity index (χ0n) is 11.3. The van der Waals surface area contributed by atoms with Gasteiger partial charge in [-0.3, -0.25) is 10.1 Å². The van der Waals surface area contributed by atoms with Gasteiger partial charge in [-0.2, -0.15) is 4.39 Å². The SMILES string of the molecule is O=[N+]([O-])c1cc(-c2coc(-c3cccnc3F)n2)cc(O)c1O. The third-order valence-corrected chi connectivity index (χ3v) is 3.06. The van der Waals surface area contributed by atoms with E-state index in [-0.39, 0.29) is 22.7 Å². The maximum absolute atomic E-state index is 13.6. The van der Waals surface area contributed by atoms with Gasteiger partial charge >= 0.3 is 5.69 Å². The molecule has 0 saturated carbocycles. The van der Waals surface area contributed by atoms with E-state index in [4.69, 9.17) is 4.42 Å². The van der Waals surface area contributed by atoms with Crippen molar-refractivity contribution in [2.75, 3.05) is 0 Å². The van der Waals surface area contributed by atoms with E-state index in [1.807, 2.05) is 0 Å². The number of phenols is 2. The van der Waals surface area contributed by atoms with E-state index in [1.54, 1.807) is 0 Å². The van der Waals surface area contributed by atoms with Gasteiger partial charge in [-0.15, -0.1) is 0 Å². The number of nitrogens with zero attached hydrogens (tertiary/aromatic N) is 3. The Morgan fingerprint density at radius 3 is 2.78 bits per heavy atom. The Bertz CT molecular complexity index is 909. The largest absolute Gasteiger partial charge is 0.504 e. The standard InChI is InChI=1S/C14H8FN3O5/c15-13-8(2-1-3-16-13)14-17-9(6-23-14)7-4-10(18(21)22)12(20)11(19)5-7/h1-6,19-20H. The molecule has 3 aromatic rings. The fourth-order valence-corrected chi connectivity index (χ4v) is 1.97. The fraction of sp³-hybridized carbons (Fsp3) is 0. The molecule has 116 valence electrons. The minimum atomic E-state index is -0.847. The Morgan fingerprint density at radius 1 is 1.30 bits per heavy atom. The predicted molar refractivity (Wildman–Crippen MR) is 75.1 cm³/mol. The number of oxazole rings is 1. The number of hydrogen-bond donors (Lipinski definition) is 2. The summed E-state index contributed by atoms with van der Waals surface area (Å²) >= 11 is 0. The first-order chi connectivity index (χ1) is 11.0. The normalized spacial score (nSPS) is 10.7. The van der Waals surface area contributed by atoms with Crippen LogP contribution in [0.1, 0.15) is 0 Å². The molecule has 0 amide bonds. The van der Waals surface area contributed by atoms with Crippen molar-refractivity contribution in [3.05, 3.63) is 52.8 Å². The van der Waals surface area contributed by atoms with Gasteiger partial charge < -0.3 is 14.6 Å². The molecule has 23 heavy (non-hydrogen) atoms. The summed E-state index contributed by atoms with van der Waals surface area (Å²) in [5.41, 5.74) is -0.402. The Kier molecular flexibility index (Phi) is 3.37. The second kappa shape index (κ2) is 5.37. The summed E-state index contributed by atoms with van der Waals surface area (Å²) in [6.07, 6.45) is 2.42. The van der Waals surface area contributed by atoms with E-state index >= 15 is 0 Å². The first kappa shape index (κ1) is 14.4. The summed E-state index contributed by atoms with van der Waals surface area (Å²) in [4.78, 5) is 17.5. The van der Waals surface area contributed by atoms with Crippen LogP contribution in [0.3, 0.4) is 0 Å². The van der Waals surface area contributed by atoms with Gasteiger partial charge in [-0.25, -0.2) is 9.97 Å². The second-order valence-electron chi connectivity index (χ2n) is 4.50. The van der Waals surface area contributed by atoms with Gasteiger partial charge in [0.1, 0.15) is 12.0 Å². The molecule has 0 atom stereocenters. The molecule has 0 unspecified atom stereocenters. The van der Waals surface area contributed by atoms with Crippen molar-refractivity contribution in [1.82, 2.24) is 9.97 Å². The number of phenolic OH excluding ortho intramolecular Hbond substituents is 2. The molecule has 0 aliphatic heterocycles. The highest BCUT2D eigenvalue weighted by atomic mass is 19.1. The van der Waals surface area contributed by atoms with Crippen LogP contribution in [-0.4, -0.2) is 25.1 Å². The van der Waals surface area contributed by atoms with Gasteiger partial charge in [-0.1, -0.05) is 0 Å². The molecule has 1 aromatic carbocycles. The topological polar surface area (TPSA) is 123 Å². The third-order valence-electron chi connectivity index (χ3n) is 3.06. The third kappa shape index (κ3) is 2.55. The molecule has 0 aliphatic carbocycles. The molecule has 0 radical (unpaired) electrons. The lowest BCUT2D eigenvalue weighted by atomic mass is 10.1. The molecule has 0 saturated heterocycles. The van der Waals surface area contributed by atoms with Gasteiger partial charge in [0.05, 0.1) is 10.5 Å². The minimum absolute atomic E-state index is 0.0243. The monoisotopic (exact) mass is 317 g/mol. The van der Waals surface area contributed by atoms with Crippen molar-refractivity contribution >= 4 is 5.69 Å². The number of hydrogen-bond acceptors (Lipinski definition) is 7. The molecule has 3 rings (SSSR count). The molecule has 9 heteroatoms. The lowest BCUT2D eigenvalue weighted by Crippen LogP contribution is -1.91. The zero-order valence-corrected chi connectivity index (χ0v) is 11.3. The van der Waals surface area contributed by atoms with Crippen molar-refractivity contribution < 1.29 is 23.9 Å². The molecule has 0 fully saturated rings. The lowest BCUT2D eigenvalue weighted by molar-refractivity contribution is -0.385. The van der Waals surface area contributed by atoms with Crippen LogP contribution < -0.4 is 0 Å². The van der Waals surface area contributed by atoms with E-state index in [9.17, 15) is 24.7 Å². The predicted octanol–water partition coefficient (Wildman–Crippen LogP) is 2.86. The molecular formula is C14H8FN3O5. The molecule has 0 aliphatic rings. The van der Waals surface area contributed by atoms with Crippen LogP contribution in [0.15, 0.2) is 41.1 Å². The molecule has 0 bridgehead atoms. The van der Waals surface area contributed by atoms with Crippen molar-refractivity contribution in [1.29, 1.82) is 0 Å². The second-order valence-corrected chi connectivity index (χ2v) is 4.50. The first-order valence-electron chi connectivity index (χ1n) is 6.24. The average Bonchev–Trinajstić information content (AvgIpc) is 2.99. The Balaban J connectivity index is 2.08. The van der Waals surface area contributed by atoms with Crippen LogP contribution in [0.5, 0.6) is 11.5 Å². The highest BCUT2D eigenvalue weighted by Crippen LogP contribution is 2.39. The number of aromatic nitrogens is 2. The number of rotatable bonds is 3. The highest BCUT2D eigenvalue weighted by molar-refractivity contribution is 5.71. The van der Waals surface area contributed by atoms with Gasteiger partial charge in [0.15, 0.2) is 5.75 Å². The Hall–Kier alpha value is -3.49. The zero-order chi connectivity index (χ0) is 16.6. The van der Waals surface area contributed by atoms with Crippen LogP contribution in [0.4, 0.5) is 10.1 Å². The average molecular weight is 317 g/mol. The van der Waals surface area contributed by atoms with E-state index < -0.39 is 28.1 Å². The van der Waals surface area contributed by atoms with E-state index in [1.165, 1.54) is 18.3 Å². The number of benzene rings is 1. The summed E-state index contributed by atoms with van der Waals surface area (Å²) in [7, 11) is 0. The molecule has 2 N–H and O–H groups in total. The smallest absolute Gasteiger partial charge is 0.315 e. The maximum Gasteiger partial charge on any atom is 0.315 e. The molecule has 0 spiro atoms. The Labute approximate surface area is 127 Å². The molecule has 8 nitrogen and oxygen atoms in total. The molecule has 2 heterocycles. The maximum atomic E-state index is 13.6. The first-order valence-corrected chi connectivity index (χ1v) is 6.24. The van der Waals surface area contributed by atoms with Crippen molar-refractivity contribution in [2.45, 2.75) is 0 Å². The van der Waals surface area contributed by atoms with Crippen LogP contribution in [-0.2, 0) is 0 Å². The molecule has 2 aromatic heterocycles. The summed E-state index contributed by atoms with van der Waals surface area (Å²) in [6, 6.07) is 5.02. The fourth-order valence-electron chi connectivity index (χ4n) is 1.97. The summed E-state index contributed by atoms with van der Waals surface area (Å²) < 4.78 is 18.8. The van der Waals surface area contributed by atoms with E-state index in [0.29, 0.717) is 0 Å². The number of nitro benzene ring substituents is 1. The number of pyridine rings is 1. The van der Waals surface area contributed by atoms with Crippen molar-refractivity contribution in [2.24, 2.45) is 0 Å². The van der Waals surface area contributed by atoms with Gasteiger partial charge in [0.2, 0.25) is 17.6 Å². The number of nitro groups is 1. The summed E-state index contributed by atoms with van der Waals surface area (Å²) in [6.45, 7) is 0. The number of halogens is 1. The van der Waals surface area contributed by atoms with Crippen LogP contribution in [0.25, 0.3) is 22.7 Å². The highest BCUT2D eigenvalue weighted by Gasteiger charge is 2.21. The summed E-state index contributed by atoms with van der Waals surface area (Å²) in [5.74, 6) is -2.37. The van der Waals surface area contributed by atoms with E-state index in [2.05, 4.69) is 9.97 Å². The number of aromatic hydroxyl groups is 2. The minimum Gasteiger partial charge on any atom is -0.504 e.